The molecule has 4 heteroatoms. The van der Waals surface area contributed by atoms with Crippen LogP contribution in [-0.4, -0.2) is 11.8 Å². The quantitative estimate of drug-likeness (QED) is 0.512. The summed E-state index contributed by atoms with van der Waals surface area (Å²) in [6.45, 7) is 0. The van der Waals surface area contributed by atoms with Gasteiger partial charge in [-0.25, -0.2) is 0 Å². The number of benzene rings is 4. The Morgan fingerprint density at radius 1 is 0.536 bits per heavy atom. The van der Waals surface area contributed by atoms with E-state index in [0.29, 0.717) is 16.8 Å². The van der Waals surface area contributed by atoms with Crippen LogP contribution in [0.2, 0.25) is 0 Å². The molecular weight excluding hydrogens is 348 g/mol. The highest BCUT2D eigenvalue weighted by molar-refractivity contribution is 6.14. The molecule has 0 aliphatic heterocycles. The lowest BCUT2D eigenvalue weighted by Crippen LogP contribution is -2.18. The molecule has 4 rings (SSSR count). The summed E-state index contributed by atoms with van der Waals surface area (Å²) >= 11 is 0. The number of carbonyl (C=O) groups excluding carboxylic acids is 2. The van der Waals surface area contributed by atoms with Gasteiger partial charge in [-0.05, 0) is 35.7 Å². The van der Waals surface area contributed by atoms with E-state index < -0.39 is 0 Å². The summed E-state index contributed by atoms with van der Waals surface area (Å²) in [5.41, 5.74) is 2.13. The summed E-state index contributed by atoms with van der Waals surface area (Å²) in [5, 5.41) is 7.80. The van der Waals surface area contributed by atoms with Crippen LogP contribution in [0.4, 0.5) is 11.4 Å². The summed E-state index contributed by atoms with van der Waals surface area (Å²) in [6, 6.07) is 29.5. The van der Waals surface area contributed by atoms with Crippen molar-refractivity contribution in [2.24, 2.45) is 0 Å². The first-order chi connectivity index (χ1) is 13.7. The lowest BCUT2D eigenvalue weighted by atomic mass is 10.1. The molecule has 0 saturated carbocycles. The molecule has 4 aromatic rings. The third-order valence-corrected chi connectivity index (χ3v) is 4.49. The number of amides is 2. The van der Waals surface area contributed by atoms with E-state index in [0.717, 1.165) is 16.5 Å². The van der Waals surface area contributed by atoms with Gasteiger partial charge in [0.05, 0.1) is 11.3 Å². The molecule has 0 fully saturated rings. The van der Waals surface area contributed by atoms with Crippen molar-refractivity contribution in [3.8, 4) is 0 Å². The van der Waals surface area contributed by atoms with Gasteiger partial charge in [0, 0.05) is 16.6 Å². The SMILES string of the molecule is O=C(Nc1ccccc1C(=O)Nc1cccc2ccccc12)c1ccccc1. The van der Waals surface area contributed by atoms with Crippen LogP contribution in [0.15, 0.2) is 97.1 Å². The van der Waals surface area contributed by atoms with Crippen molar-refractivity contribution in [1.82, 2.24) is 0 Å². The van der Waals surface area contributed by atoms with Crippen molar-refractivity contribution >= 4 is 34.0 Å². The third-order valence-electron chi connectivity index (χ3n) is 4.49. The number of nitrogens with one attached hydrogen (secondary N) is 2. The van der Waals surface area contributed by atoms with Crippen molar-refractivity contribution < 1.29 is 9.59 Å². The number of carbonyl (C=O) groups is 2. The maximum Gasteiger partial charge on any atom is 0.257 e. The topological polar surface area (TPSA) is 58.2 Å². The van der Waals surface area contributed by atoms with Crippen LogP contribution in [0.25, 0.3) is 10.8 Å². The first-order valence-corrected chi connectivity index (χ1v) is 8.97. The Kier molecular flexibility index (Phi) is 4.85. The van der Waals surface area contributed by atoms with Crippen LogP contribution < -0.4 is 10.6 Å². The summed E-state index contributed by atoms with van der Waals surface area (Å²) in [7, 11) is 0. The molecule has 4 nitrogen and oxygen atoms in total. The van der Waals surface area contributed by atoms with E-state index in [1.807, 2.05) is 48.5 Å². The molecule has 0 aliphatic rings. The van der Waals surface area contributed by atoms with Crippen molar-refractivity contribution in [2.75, 3.05) is 10.6 Å². The van der Waals surface area contributed by atoms with E-state index >= 15 is 0 Å². The second kappa shape index (κ2) is 7.76. The molecule has 0 unspecified atom stereocenters. The molecule has 0 radical (unpaired) electrons. The van der Waals surface area contributed by atoms with Crippen LogP contribution in [-0.2, 0) is 0 Å². The molecule has 136 valence electrons. The van der Waals surface area contributed by atoms with Gasteiger partial charge in [0.25, 0.3) is 11.8 Å². The maximum absolute atomic E-state index is 12.9. The largest absolute Gasteiger partial charge is 0.321 e. The molecule has 0 aliphatic carbocycles. The molecule has 0 heterocycles. The maximum atomic E-state index is 12.9. The zero-order valence-corrected chi connectivity index (χ0v) is 15.1. The Morgan fingerprint density at radius 3 is 2.00 bits per heavy atom. The second-order valence-electron chi connectivity index (χ2n) is 6.35. The average Bonchev–Trinajstić information content (AvgIpc) is 2.75. The van der Waals surface area contributed by atoms with Gasteiger partial charge in [-0.3, -0.25) is 9.59 Å². The number of hydrogen-bond donors (Lipinski definition) is 2. The predicted molar refractivity (Wildman–Crippen MR) is 113 cm³/mol. The van der Waals surface area contributed by atoms with Crippen LogP contribution in [0.1, 0.15) is 20.7 Å². The molecule has 2 amide bonds. The van der Waals surface area contributed by atoms with E-state index in [1.165, 1.54) is 0 Å². The Balaban J connectivity index is 1.61. The van der Waals surface area contributed by atoms with Gasteiger partial charge in [0.2, 0.25) is 0 Å². The van der Waals surface area contributed by atoms with Gasteiger partial charge >= 0.3 is 0 Å². The Morgan fingerprint density at radius 2 is 1.14 bits per heavy atom. The molecule has 4 aromatic carbocycles. The normalized spacial score (nSPS) is 10.4. The Bertz CT molecular complexity index is 1150. The van der Waals surface area contributed by atoms with Crippen LogP contribution >= 0.6 is 0 Å². The number of fused-ring (bicyclic) bond motifs is 1. The lowest BCUT2D eigenvalue weighted by Gasteiger charge is -2.13. The molecule has 0 aromatic heterocycles. The zero-order chi connectivity index (χ0) is 19.3. The fourth-order valence-corrected chi connectivity index (χ4v) is 3.10. The third kappa shape index (κ3) is 3.62. The smallest absolute Gasteiger partial charge is 0.257 e. The van der Waals surface area contributed by atoms with Gasteiger partial charge in [-0.1, -0.05) is 66.7 Å². The molecule has 0 saturated heterocycles. The summed E-state index contributed by atoms with van der Waals surface area (Å²) in [6.07, 6.45) is 0. The van der Waals surface area contributed by atoms with Gasteiger partial charge in [0.15, 0.2) is 0 Å². The minimum absolute atomic E-state index is 0.258. The first-order valence-electron chi connectivity index (χ1n) is 8.97. The minimum Gasteiger partial charge on any atom is -0.321 e. The molecule has 2 N–H and O–H groups in total. The van der Waals surface area contributed by atoms with Crippen molar-refractivity contribution in [1.29, 1.82) is 0 Å². The van der Waals surface area contributed by atoms with Crippen molar-refractivity contribution in [3.05, 3.63) is 108 Å². The zero-order valence-electron chi connectivity index (χ0n) is 15.1. The summed E-state index contributed by atoms with van der Waals surface area (Å²) in [4.78, 5) is 25.4. The highest BCUT2D eigenvalue weighted by atomic mass is 16.2. The monoisotopic (exact) mass is 366 g/mol. The predicted octanol–water partition coefficient (Wildman–Crippen LogP) is 5.34. The lowest BCUT2D eigenvalue weighted by molar-refractivity contribution is 0.102. The fourth-order valence-electron chi connectivity index (χ4n) is 3.10. The van der Waals surface area contributed by atoms with Gasteiger partial charge in [-0.15, -0.1) is 0 Å². The van der Waals surface area contributed by atoms with Gasteiger partial charge in [-0.2, -0.15) is 0 Å². The van der Waals surface area contributed by atoms with E-state index in [-0.39, 0.29) is 11.8 Å². The number of anilines is 2. The van der Waals surface area contributed by atoms with Crippen molar-refractivity contribution in [2.45, 2.75) is 0 Å². The fraction of sp³-hybridized carbons (Fsp3) is 0. The highest BCUT2D eigenvalue weighted by Crippen LogP contribution is 2.25. The van der Waals surface area contributed by atoms with Crippen molar-refractivity contribution in [3.63, 3.8) is 0 Å². The standard InChI is InChI=1S/C24H18N2O2/c27-23(18-10-2-1-3-11-18)25-22-15-7-6-14-20(22)24(28)26-21-16-8-12-17-9-4-5-13-19(17)21/h1-16H,(H,25,27)(H,26,28). The van der Waals surface area contributed by atoms with E-state index in [9.17, 15) is 9.59 Å². The average molecular weight is 366 g/mol. The Labute approximate surface area is 162 Å². The molecule has 0 bridgehead atoms. The Hall–Kier alpha value is -3.92. The van der Waals surface area contributed by atoms with Gasteiger partial charge in [0.1, 0.15) is 0 Å². The molecule has 0 atom stereocenters. The summed E-state index contributed by atoms with van der Waals surface area (Å²) < 4.78 is 0. The number of hydrogen-bond acceptors (Lipinski definition) is 2. The first kappa shape index (κ1) is 17.5. The van der Waals surface area contributed by atoms with E-state index in [1.54, 1.807) is 48.5 Å². The molecule has 0 spiro atoms. The van der Waals surface area contributed by atoms with Crippen LogP contribution in [0, 0.1) is 0 Å². The van der Waals surface area contributed by atoms with E-state index in [2.05, 4.69) is 10.6 Å². The second-order valence-corrected chi connectivity index (χ2v) is 6.35. The highest BCUT2D eigenvalue weighted by Gasteiger charge is 2.15. The number of rotatable bonds is 4. The summed E-state index contributed by atoms with van der Waals surface area (Å²) in [5.74, 6) is -0.536. The van der Waals surface area contributed by atoms with Crippen LogP contribution in [0.5, 0.6) is 0 Å². The van der Waals surface area contributed by atoms with E-state index in [4.69, 9.17) is 0 Å². The molecule has 28 heavy (non-hydrogen) atoms. The minimum atomic E-state index is -0.277. The van der Waals surface area contributed by atoms with Gasteiger partial charge < -0.3 is 10.6 Å². The molecular formula is C24H18N2O2. The number of para-hydroxylation sites is 1. The van der Waals surface area contributed by atoms with Crippen LogP contribution in [0.3, 0.4) is 0 Å².